The molecule has 0 amide bonds. The van der Waals surface area contributed by atoms with E-state index in [2.05, 4.69) is 0 Å². The van der Waals surface area contributed by atoms with Crippen molar-refractivity contribution in [1.29, 1.82) is 0 Å². The molecule has 0 aromatic heterocycles. The number of hydrogen-bond donors (Lipinski definition) is 0. The molecule has 0 aliphatic carbocycles. The van der Waals surface area contributed by atoms with Crippen molar-refractivity contribution in [3.8, 4) is 0 Å². The predicted molar refractivity (Wildman–Crippen MR) is 34.1 cm³/mol. The summed E-state index contributed by atoms with van der Waals surface area (Å²) >= 11 is 0. The van der Waals surface area contributed by atoms with E-state index in [1.807, 2.05) is 6.92 Å². The molecule has 49 valence electrons. The maximum Gasteiger partial charge on any atom is 0.154 e. The van der Waals surface area contributed by atoms with Crippen molar-refractivity contribution in [2.24, 2.45) is 0 Å². The second kappa shape index (κ2) is 3.07. The third kappa shape index (κ3) is 3.02. The van der Waals surface area contributed by atoms with Gasteiger partial charge >= 0.3 is 0 Å². The van der Waals surface area contributed by atoms with Crippen LogP contribution in [0, 0.1) is 5.75 Å². The largest absolute Gasteiger partial charge is 0.229 e. The lowest BCUT2D eigenvalue weighted by molar-refractivity contribution is 0.601. The Morgan fingerprint density at radius 1 is 1.38 bits per heavy atom. The smallest absolute Gasteiger partial charge is 0.154 e. The molecule has 0 bridgehead atoms. The molecule has 0 unspecified atom stereocenters. The van der Waals surface area contributed by atoms with Crippen LogP contribution >= 0.6 is 0 Å². The Kier molecular flexibility index (Phi) is 3.05. The summed E-state index contributed by atoms with van der Waals surface area (Å²) in [5.74, 6) is 1.56. The van der Waals surface area contributed by atoms with Crippen LogP contribution in [0.4, 0.5) is 0 Å². The van der Waals surface area contributed by atoms with Crippen molar-refractivity contribution < 1.29 is 8.42 Å². The fourth-order valence-corrected chi connectivity index (χ4v) is 1.12. The Labute approximate surface area is 50.8 Å². The molecular formula is C5H11O2S. The molecule has 0 fully saturated rings. The highest BCUT2D eigenvalue weighted by Crippen LogP contribution is 1.97. The van der Waals surface area contributed by atoms with E-state index < -0.39 is 9.84 Å². The second-order valence-electron chi connectivity index (χ2n) is 1.53. The van der Waals surface area contributed by atoms with Crippen LogP contribution in [0.25, 0.3) is 0 Å². The van der Waals surface area contributed by atoms with Crippen LogP contribution in [0.3, 0.4) is 0 Å². The highest BCUT2D eigenvalue weighted by Gasteiger charge is 2.03. The Morgan fingerprint density at radius 3 is 2.00 bits per heavy atom. The van der Waals surface area contributed by atoms with Gasteiger partial charge in [0.05, 0.1) is 5.75 Å². The molecule has 0 aliphatic heterocycles. The van der Waals surface area contributed by atoms with Gasteiger partial charge in [0.1, 0.15) is 0 Å². The van der Waals surface area contributed by atoms with Crippen molar-refractivity contribution in [3.05, 3.63) is 5.75 Å². The Balaban J connectivity index is 3.76. The predicted octanol–water partition coefficient (Wildman–Crippen LogP) is 0.993. The number of sulfone groups is 1. The fourth-order valence-electron chi connectivity index (χ4n) is 0.372. The lowest BCUT2D eigenvalue weighted by Gasteiger charge is -1.92. The average molecular weight is 135 g/mol. The van der Waals surface area contributed by atoms with Gasteiger partial charge in [-0.25, -0.2) is 8.42 Å². The van der Waals surface area contributed by atoms with E-state index in [1.165, 1.54) is 5.75 Å². The van der Waals surface area contributed by atoms with Gasteiger partial charge in [-0.05, 0) is 6.42 Å². The van der Waals surface area contributed by atoms with Crippen LogP contribution in [-0.4, -0.2) is 14.2 Å². The summed E-state index contributed by atoms with van der Waals surface area (Å²) in [5.41, 5.74) is 0. The maximum atomic E-state index is 10.5. The first-order chi connectivity index (χ1) is 3.62. The number of hydrogen-bond acceptors (Lipinski definition) is 2. The lowest BCUT2D eigenvalue weighted by Crippen LogP contribution is -2.01. The monoisotopic (exact) mass is 135 g/mol. The quantitative estimate of drug-likeness (QED) is 0.578. The molecule has 0 rings (SSSR count). The van der Waals surface area contributed by atoms with Gasteiger partial charge < -0.3 is 0 Å². The molecule has 0 aliphatic rings. The van der Waals surface area contributed by atoms with E-state index in [9.17, 15) is 8.42 Å². The van der Waals surface area contributed by atoms with Gasteiger partial charge in [0.15, 0.2) is 9.84 Å². The van der Waals surface area contributed by atoms with Crippen molar-refractivity contribution in [2.75, 3.05) is 5.75 Å². The van der Waals surface area contributed by atoms with Crippen LogP contribution in [0.2, 0.25) is 0 Å². The molecule has 0 aromatic rings. The van der Waals surface area contributed by atoms with E-state index in [-0.39, 0.29) is 5.75 Å². The highest BCUT2D eigenvalue weighted by atomic mass is 32.2. The SMILES string of the molecule is CC[CH]S(=O)(=O)CC. The highest BCUT2D eigenvalue weighted by molar-refractivity contribution is 7.93. The van der Waals surface area contributed by atoms with Gasteiger partial charge in [0.25, 0.3) is 0 Å². The molecular weight excluding hydrogens is 124 g/mol. The molecule has 0 N–H and O–H groups in total. The first kappa shape index (κ1) is 7.95. The fraction of sp³-hybridized carbons (Fsp3) is 0.800. The van der Waals surface area contributed by atoms with Crippen molar-refractivity contribution in [2.45, 2.75) is 20.3 Å². The molecule has 0 atom stereocenters. The van der Waals surface area contributed by atoms with Crippen LogP contribution in [-0.2, 0) is 9.84 Å². The van der Waals surface area contributed by atoms with Gasteiger partial charge in [0, 0.05) is 5.75 Å². The summed E-state index contributed by atoms with van der Waals surface area (Å²) < 4.78 is 21.1. The van der Waals surface area contributed by atoms with Gasteiger partial charge in [0.2, 0.25) is 0 Å². The third-order valence-corrected chi connectivity index (χ3v) is 2.47. The van der Waals surface area contributed by atoms with Crippen LogP contribution < -0.4 is 0 Å². The summed E-state index contributed by atoms with van der Waals surface area (Å²) in [6.45, 7) is 3.45. The molecule has 0 saturated heterocycles. The zero-order valence-corrected chi connectivity index (χ0v) is 6.03. The lowest BCUT2D eigenvalue weighted by atomic mass is 10.6. The Hall–Kier alpha value is -0.0500. The van der Waals surface area contributed by atoms with Gasteiger partial charge in [-0.3, -0.25) is 0 Å². The Morgan fingerprint density at radius 2 is 1.88 bits per heavy atom. The van der Waals surface area contributed by atoms with E-state index in [0.717, 1.165) is 0 Å². The van der Waals surface area contributed by atoms with E-state index in [0.29, 0.717) is 6.42 Å². The Bertz CT molecular complexity index is 135. The first-order valence-corrected chi connectivity index (χ1v) is 4.40. The third-order valence-electron chi connectivity index (χ3n) is 0.823. The van der Waals surface area contributed by atoms with Crippen LogP contribution in [0.1, 0.15) is 20.3 Å². The van der Waals surface area contributed by atoms with Crippen molar-refractivity contribution >= 4 is 9.84 Å². The normalized spacial score (nSPS) is 11.8. The number of rotatable bonds is 3. The minimum atomic E-state index is -2.79. The summed E-state index contributed by atoms with van der Waals surface area (Å²) in [5, 5.41) is 0. The second-order valence-corrected chi connectivity index (χ2v) is 3.76. The zero-order valence-electron chi connectivity index (χ0n) is 5.22. The van der Waals surface area contributed by atoms with Gasteiger partial charge in [-0.1, -0.05) is 13.8 Å². The summed E-state index contributed by atoms with van der Waals surface area (Å²) in [7, 11) is -2.79. The van der Waals surface area contributed by atoms with E-state index in [1.54, 1.807) is 6.92 Å². The van der Waals surface area contributed by atoms with Crippen LogP contribution in [0.5, 0.6) is 0 Å². The summed E-state index contributed by atoms with van der Waals surface area (Å²) in [6, 6.07) is 0. The average Bonchev–Trinajstić information content (AvgIpc) is 1.67. The summed E-state index contributed by atoms with van der Waals surface area (Å²) in [4.78, 5) is 0. The van der Waals surface area contributed by atoms with Crippen LogP contribution in [0.15, 0.2) is 0 Å². The molecule has 0 heterocycles. The van der Waals surface area contributed by atoms with Gasteiger partial charge in [-0.2, -0.15) is 0 Å². The zero-order chi connectivity index (χ0) is 6.62. The van der Waals surface area contributed by atoms with E-state index >= 15 is 0 Å². The molecule has 1 radical (unpaired) electrons. The molecule has 0 saturated carbocycles. The first-order valence-electron chi connectivity index (χ1n) is 2.68. The molecule has 2 nitrogen and oxygen atoms in total. The summed E-state index contributed by atoms with van der Waals surface area (Å²) in [6.07, 6.45) is 0.607. The minimum absolute atomic E-state index is 0.223. The van der Waals surface area contributed by atoms with Crippen molar-refractivity contribution in [3.63, 3.8) is 0 Å². The molecule has 3 heteroatoms. The minimum Gasteiger partial charge on any atom is -0.229 e. The molecule has 0 spiro atoms. The van der Waals surface area contributed by atoms with E-state index in [4.69, 9.17) is 0 Å². The molecule has 8 heavy (non-hydrogen) atoms. The van der Waals surface area contributed by atoms with Gasteiger partial charge in [-0.15, -0.1) is 0 Å². The van der Waals surface area contributed by atoms with Crippen molar-refractivity contribution in [1.82, 2.24) is 0 Å². The topological polar surface area (TPSA) is 34.1 Å². The molecule has 0 aromatic carbocycles. The standard InChI is InChI=1S/C5H11O2S/c1-3-5-8(6,7)4-2/h5H,3-4H2,1-2H3. The maximum absolute atomic E-state index is 10.5.